The molecule has 2 heterocycles. The molecule has 2 amide bonds. The summed E-state index contributed by atoms with van der Waals surface area (Å²) in [5, 5.41) is 18.6. The third kappa shape index (κ3) is 4.13. The first-order valence-electron chi connectivity index (χ1n) is 8.32. The number of nitrogens with zero attached hydrogens (tertiary/aromatic N) is 3. The number of hydrogen-bond donors (Lipinski definition) is 1. The van der Waals surface area contributed by atoms with Gasteiger partial charge in [-0.15, -0.1) is 0 Å². The van der Waals surface area contributed by atoms with E-state index in [0.717, 1.165) is 5.01 Å². The van der Waals surface area contributed by atoms with Gasteiger partial charge in [0.05, 0.1) is 22.5 Å². The van der Waals surface area contributed by atoms with Crippen molar-refractivity contribution in [1.29, 1.82) is 0 Å². The third-order valence-electron chi connectivity index (χ3n) is 4.55. The van der Waals surface area contributed by atoms with Crippen molar-refractivity contribution in [1.82, 2.24) is 5.01 Å². The van der Waals surface area contributed by atoms with Gasteiger partial charge in [0.2, 0.25) is 5.91 Å². The van der Waals surface area contributed by atoms with Crippen LogP contribution in [0.25, 0.3) is 0 Å². The Morgan fingerprint density at radius 3 is 2.70 bits per heavy atom. The number of nitro benzene ring substituents is 1. The molecule has 11 heteroatoms. The second kappa shape index (κ2) is 7.06. The highest BCUT2D eigenvalue weighted by atomic mass is 32.2. The minimum Gasteiger partial charge on any atom is -0.321 e. The molecule has 0 aliphatic carbocycles. The number of nitrogens with one attached hydrogen (secondary N) is 1. The standard InChI is InChI=1S/C16H18N4O6S/c1-10-8-11(20(23)24)2-3-13(10)17-16(22)14-4-5-15(21)19(18-14)12-6-7-27(25,26)9-12/h2-3,8,12H,4-7,9H2,1H3,(H,17,22)/t12-/m0/s1. The lowest BCUT2D eigenvalue weighted by Gasteiger charge is -2.27. The lowest BCUT2D eigenvalue weighted by Crippen LogP contribution is -2.42. The molecule has 0 radical (unpaired) electrons. The van der Waals surface area contributed by atoms with Gasteiger partial charge in [0.1, 0.15) is 5.71 Å². The van der Waals surface area contributed by atoms with Gasteiger partial charge in [-0.25, -0.2) is 13.4 Å². The average Bonchev–Trinajstić information content (AvgIpc) is 2.96. The molecule has 1 fully saturated rings. The number of aryl methyl sites for hydroxylation is 1. The Morgan fingerprint density at radius 2 is 2.11 bits per heavy atom. The Morgan fingerprint density at radius 1 is 1.37 bits per heavy atom. The molecule has 0 aromatic heterocycles. The molecule has 10 nitrogen and oxygen atoms in total. The molecule has 0 bridgehead atoms. The number of hydrazone groups is 1. The van der Waals surface area contributed by atoms with E-state index in [2.05, 4.69) is 10.4 Å². The van der Waals surface area contributed by atoms with Gasteiger partial charge in [0, 0.05) is 30.7 Å². The normalized spacial score (nSPS) is 21.7. The van der Waals surface area contributed by atoms with E-state index in [4.69, 9.17) is 0 Å². The van der Waals surface area contributed by atoms with Gasteiger partial charge >= 0.3 is 0 Å². The number of anilines is 1. The summed E-state index contributed by atoms with van der Waals surface area (Å²) in [6.45, 7) is 1.63. The zero-order chi connectivity index (χ0) is 19.8. The lowest BCUT2D eigenvalue weighted by atomic mass is 10.1. The highest BCUT2D eigenvalue weighted by molar-refractivity contribution is 7.91. The number of non-ortho nitro benzene ring substituents is 1. The number of sulfone groups is 1. The van der Waals surface area contributed by atoms with Crippen LogP contribution in [0.5, 0.6) is 0 Å². The van der Waals surface area contributed by atoms with Crippen molar-refractivity contribution in [2.45, 2.75) is 32.2 Å². The first-order valence-corrected chi connectivity index (χ1v) is 10.1. The fraction of sp³-hybridized carbons (Fsp3) is 0.438. The fourth-order valence-electron chi connectivity index (χ4n) is 3.08. The summed E-state index contributed by atoms with van der Waals surface area (Å²) in [5.41, 5.74) is 0.959. The SMILES string of the molecule is Cc1cc([N+](=O)[O-])ccc1NC(=O)C1=NN([C@H]2CCS(=O)(=O)C2)C(=O)CC1. The number of nitro groups is 1. The van der Waals surface area contributed by atoms with E-state index in [0.29, 0.717) is 17.7 Å². The smallest absolute Gasteiger partial charge is 0.271 e. The fourth-order valence-corrected chi connectivity index (χ4v) is 4.78. The summed E-state index contributed by atoms with van der Waals surface area (Å²) in [7, 11) is -3.19. The average molecular weight is 394 g/mol. The van der Waals surface area contributed by atoms with Crippen LogP contribution < -0.4 is 5.32 Å². The first kappa shape index (κ1) is 19.0. The molecule has 0 spiro atoms. The van der Waals surface area contributed by atoms with E-state index in [1.54, 1.807) is 6.92 Å². The van der Waals surface area contributed by atoms with Crippen molar-refractivity contribution < 1.29 is 22.9 Å². The molecule has 1 saturated heterocycles. The predicted molar refractivity (Wildman–Crippen MR) is 97.0 cm³/mol. The number of carbonyl (C=O) groups excluding carboxylic acids is 2. The molecular weight excluding hydrogens is 376 g/mol. The van der Waals surface area contributed by atoms with E-state index in [9.17, 15) is 28.1 Å². The van der Waals surface area contributed by atoms with Crippen LogP contribution >= 0.6 is 0 Å². The molecule has 0 unspecified atom stereocenters. The number of carbonyl (C=O) groups is 2. The molecule has 1 aromatic carbocycles. The molecule has 27 heavy (non-hydrogen) atoms. The molecule has 2 aliphatic rings. The van der Waals surface area contributed by atoms with Crippen LogP contribution in [0, 0.1) is 17.0 Å². The highest BCUT2D eigenvalue weighted by Gasteiger charge is 2.37. The number of hydrogen-bond acceptors (Lipinski definition) is 7. The Bertz CT molecular complexity index is 956. The third-order valence-corrected chi connectivity index (χ3v) is 6.30. The van der Waals surface area contributed by atoms with Gasteiger partial charge in [-0.2, -0.15) is 5.10 Å². The van der Waals surface area contributed by atoms with Gasteiger partial charge in [-0.05, 0) is 25.0 Å². The zero-order valence-electron chi connectivity index (χ0n) is 14.5. The van der Waals surface area contributed by atoms with E-state index in [1.165, 1.54) is 18.2 Å². The molecule has 3 rings (SSSR count). The van der Waals surface area contributed by atoms with Crippen molar-refractivity contribution in [3.8, 4) is 0 Å². The zero-order valence-corrected chi connectivity index (χ0v) is 15.4. The Hall–Kier alpha value is -2.82. The van der Waals surface area contributed by atoms with Crippen LogP contribution in [0.3, 0.4) is 0 Å². The number of rotatable bonds is 4. The minimum absolute atomic E-state index is 0.000482. The number of benzene rings is 1. The van der Waals surface area contributed by atoms with Crippen LogP contribution in [-0.2, 0) is 19.4 Å². The van der Waals surface area contributed by atoms with E-state index >= 15 is 0 Å². The monoisotopic (exact) mass is 394 g/mol. The topological polar surface area (TPSA) is 139 Å². The van der Waals surface area contributed by atoms with Crippen molar-refractivity contribution >= 4 is 38.7 Å². The maximum Gasteiger partial charge on any atom is 0.271 e. The molecule has 144 valence electrons. The van der Waals surface area contributed by atoms with Crippen molar-refractivity contribution in [2.75, 3.05) is 16.8 Å². The lowest BCUT2D eigenvalue weighted by molar-refractivity contribution is -0.384. The van der Waals surface area contributed by atoms with Crippen molar-refractivity contribution in [2.24, 2.45) is 5.10 Å². The molecule has 2 aliphatic heterocycles. The Kier molecular flexibility index (Phi) is 4.96. The second-order valence-electron chi connectivity index (χ2n) is 6.55. The Balaban J connectivity index is 1.77. The summed E-state index contributed by atoms with van der Waals surface area (Å²) in [5.74, 6) is -0.982. The van der Waals surface area contributed by atoms with Crippen molar-refractivity contribution in [3.05, 3.63) is 33.9 Å². The summed E-state index contributed by atoms with van der Waals surface area (Å²) in [4.78, 5) is 34.9. The summed E-state index contributed by atoms with van der Waals surface area (Å²) >= 11 is 0. The number of amides is 2. The summed E-state index contributed by atoms with van der Waals surface area (Å²) in [6.07, 6.45) is 0.517. The van der Waals surface area contributed by atoms with Gasteiger partial charge in [0.25, 0.3) is 11.6 Å². The van der Waals surface area contributed by atoms with E-state index in [-0.39, 0.29) is 41.7 Å². The van der Waals surface area contributed by atoms with Gasteiger partial charge in [-0.3, -0.25) is 19.7 Å². The summed E-state index contributed by atoms with van der Waals surface area (Å²) in [6, 6.07) is 3.51. The van der Waals surface area contributed by atoms with Crippen LogP contribution in [-0.4, -0.2) is 53.4 Å². The molecule has 1 atom stereocenters. The maximum atomic E-state index is 12.5. The van der Waals surface area contributed by atoms with Gasteiger partial charge in [0.15, 0.2) is 9.84 Å². The van der Waals surface area contributed by atoms with Gasteiger partial charge < -0.3 is 5.32 Å². The van der Waals surface area contributed by atoms with Crippen LogP contribution in [0.4, 0.5) is 11.4 Å². The minimum atomic E-state index is -3.19. The molecular formula is C16H18N4O6S. The van der Waals surface area contributed by atoms with Crippen LogP contribution in [0.1, 0.15) is 24.8 Å². The molecule has 0 saturated carbocycles. The first-order chi connectivity index (χ1) is 12.7. The Labute approximate surface area is 155 Å². The van der Waals surface area contributed by atoms with Gasteiger partial charge in [-0.1, -0.05) is 0 Å². The van der Waals surface area contributed by atoms with E-state index in [1.807, 2.05) is 0 Å². The quantitative estimate of drug-likeness (QED) is 0.597. The summed E-state index contributed by atoms with van der Waals surface area (Å²) < 4.78 is 23.3. The second-order valence-corrected chi connectivity index (χ2v) is 8.78. The van der Waals surface area contributed by atoms with E-state index < -0.39 is 26.7 Å². The van der Waals surface area contributed by atoms with Crippen LogP contribution in [0.2, 0.25) is 0 Å². The molecule has 1 N–H and O–H groups in total. The predicted octanol–water partition coefficient (Wildman–Crippen LogP) is 1.01. The van der Waals surface area contributed by atoms with Crippen molar-refractivity contribution in [3.63, 3.8) is 0 Å². The maximum absolute atomic E-state index is 12.5. The molecule has 1 aromatic rings. The highest BCUT2D eigenvalue weighted by Crippen LogP contribution is 2.24. The van der Waals surface area contributed by atoms with Crippen LogP contribution in [0.15, 0.2) is 23.3 Å². The largest absolute Gasteiger partial charge is 0.321 e.